The van der Waals surface area contributed by atoms with E-state index in [1.807, 2.05) is 13.8 Å². The van der Waals surface area contributed by atoms with Crippen molar-refractivity contribution >= 4 is 11.6 Å². The van der Waals surface area contributed by atoms with Crippen LogP contribution >= 0.6 is 0 Å². The van der Waals surface area contributed by atoms with Crippen LogP contribution in [0, 0.1) is 5.82 Å². The van der Waals surface area contributed by atoms with Gasteiger partial charge in [-0.3, -0.25) is 0 Å². The molecule has 6 heteroatoms. The second-order valence-corrected chi connectivity index (χ2v) is 4.52. The van der Waals surface area contributed by atoms with Crippen LogP contribution in [0.1, 0.15) is 25.5 Å². The maximum atomic E-state index is 13.8. The zero-order valence-corrected chi connectivity index (χ0v) is 12.4. The largest absolute Gasteiger partial charge is 0.490 e. The van der Waals surface area contributed by atoms with Gasteiger partial charge in [0.1, 0.15) is 12.1 Å². The minimum Gasteiger partial charge on any atom is -0.490 e. The summed E-state index contributed by atoms with van der Waals surface area (Å²) in [6, 6.07) is 6.41. The number of methoxy groups -OCH3 is 1. The summed E-state index contributed by atoms with van der Waals surface area (Å²) in [4.78, 5) is 8.31. The summed E-state index contributed by atoms with van der Waals surface area (Å²) < 4.78 is 19.2. The van der Waals surface area contributed by atoms with E-state index in [2.05, 4.69) is 20.6 Å². The van der Waals surface area contributed by atoms with Gasteiger partial charge in [0.25, 0.3) is 0 Å². The number of rotatable bonds is 6. The summed E-state index contributed by atoms with van der Waals surface area (Å²) >= 11 is 0. The Morgan fingerprint density at radius 2 is 1.95 bits per heavy atom. The fraction of sp³-hybridized carbons (Fsp3) is 0.333. The van der Waals surface area contributed by atoms with Crippen molar-refractivity contribution in [1.29, 1.82) is 0 Å². The van der Waals surface area contributed by atoms with Crippen molar-refractivity contribution in [2.45, 2.75) is 19.9 Å². The molecule has 0 saturated heterocycles. The lowest BCUT2D eigenvalue weighted by Gasteiger charge is -2.18. The molecule has 0 aliphatic carbocycles. The molecule has 1 unspecified atom stereocenters. The second kappa shape index (κ2) is 6.88. The number of hydrogen-bond donors (Lipinski definition) is 2. The van der Waals surface area contributed by atoms with Crippen molar-refractivity contribution in [1.82, 2.24) is 9.97 Å². The summed E-state index contributed by atoms with van der Waals surface area (Å²) in [5, 5.41) is 6.26. The molecular weight excluding hydrogens is 271 g/mol. The normalized spacial score (nSPS) is 11.8. The lowest BCUT2D eigenvalue weighted by Crippen LogP contribution is -2.12. The second-order valence-electron chi connectivity index (χ2n) is 4.52. The van der Waals surface area contributed by atoms with Gasteiger partial charge in [-0.2, -0.15) is 0 Å². The van der Waals surface area contributed by atoms with Crippen molar-refractivity contribution < 1.29 is 9.13 Å². The first-order chi connectivity index (χ1) is 10.2. The molecule has 1 aromatic carbocycles. The predicted octanol–water partition coefficient (Wildman–Crippen LogP) is 3.23. The highest BCUT2D eigenvalue weighted by atomic mass is 19.1. The van der Waals surface area contributed by atoms with Crippen LogP contribution in [0.25, 0.3) is 0 Å². The van der Waals surface area contributed by atoms with E-state index >= 15 is 0 Å². The zero-order chi connectivity index (χ0) is 15.2. The molecule has 2 rings (SSSR count). The van der Waals surface area contributed by atoms with E-state index in [4.69, 9.17) is 4.74 Å². The van der Waals surface area contributed by atoms with Gasteiger partial charge in [0.05, 0.1) is 13.2 Å². The standard InChI is InChI=1S/C15H19FN4O/c1-4-17-14-13(21-3)15(19-9-18-14)20-10(2)11-7-5-6-8-12(11)16/h5-10H,4H2,1-3H3,(H2,17,18,19,20). The first-order valence-corrected chi connectivity index (χ1v) is 6.81. The van der Waals surface area contributed by atoms with E-state index in [0.717, 1.165) is 6.54 Å². The van der Waals surface area contributed by atoms with Crippen LogP contribution in [-0.4, -0.2) is 23.6 Å². The van der Waals surface area contributed by atoms with Gasteiger partial charge in [-0.15, -0.1) is 0 Å². The van der Waals surface area contributed by atoms with Gasteiger partial charge >= 0.3 is 0 Å². The summed E-state index contributed by atoms with van der Waals surface area (Å²) in [6.07, 6.45) is 1.44. The molecule has 0 radical (unpaired) electrons. The van der Waals surface area contributed by atoms with Gasteiger partial charge < -0.3 is 15.4 Å². The van der Waals surface area contributed by atoms with Gasteiger partial charge in [0.15, 0.2) is 11.6 Å². The molecule has 1 heterocycles. The SMILES string of the molecule is CCNc1ncnc(NC(C)c2ccccc2F)c1OC. The Hall–Kier alpha value is -2.37. The number of aromatic nitrogens is 2. The van der Waals surface area contributed by atoms with Crippen LogP contribution in [0.3, 0.4) is 0 Å². The summed E-state index contributed by atoms with van der Waals surface area (Å²) in [7, 11) is 1.55. The molecule has 5 nitrogen and oxygen atoms in total. The van der Waals surface area contributed by atoms with E-state index in [9.17, 15) is 4.39 Å². The molecule has 21 heavy (non-hydrogen) atoms. The monoisotopic (exact) mass is 290 g/mol. The lowest BCUT2D eigenvalue weighted by atomic mass is 10.1. The third-order valence-corrected chi connectivity index (χ3v) is 3.08. The molecule has 2 aromatic rings. The topological polar surface area (TPSA) is 59.1 Å². The van der Waals surface area contributed by atoms with E-state index in [1.165, 1.54) is 12.4 Å². The summed E-state index contributed by atoms with van der Waals surface area (Å²) in [5.41, 5.74) is 0.572. The summed E-state index contributed by atoms with van der Waals surface area (Å²) in [5.74, 6) is 1.40. The van der Waals surface area contributed by atoms with Crippen LogP contribution in [0.4, 0.5) is 16.0 Å². The molecule has 0 saturated carbocycles. The minimum atomic E-state index is -0.252. The Labute approximate surface area is 123 Å². The average Bonchev–Trinajstić information content (AvgIpc) is 2.48. The molecule has 0 fully saturated rings. The van der Waals surface area contributed by atoms with Crippen LogP contribution < -0.4 is 15.4 Å². The fourth-order valence-electron chi connectivity index (χ4n) is 2.07. The molecule has 0 aliphatic heterocycles. The van der Waals surface area contributed by atoms with Gasteiger partial charge in [-0.1, -0.05) is 18.2 Å². The molecule has 2 N–H and O–H groups in total. The number of halogens is 1. The van der Waals surface area contributed by atoms with E-state index in [-0.39, 0.29) is 11.9 Å². The number of ether oxygens (including phenoxy) is 1. The Bertz CT molecular complexity index is 606. The van der Waals surface area contributed by atoms with Gasteiger partial charge in [0, 0.05) is 12.1 Å². The highest BCUT2D eigenvalue weighted by Crippen LogP contribution is 2.31. The van der Waals surface area contributed by atoms with Gasteiger partial charge in [-0.25, -0.2) is 14.4 Å². The van der Waals surface area contributed by atoms with Crippen molar-refractivity contribution in [2.75, 3.05) is 24.3 Å². The number of nitrogens with one attached hydrogen (secondary N) is 2. The fourth-order valence-corrected chi connectivity index (χ4v) is 2.07. The third-order valence-electron chi connectivity index (χ3n) is 3.08. The molecule has 0 bridgehead atoms. The van der Waals surface area contributed by atoms with E-state index in [0.29, 0.717) is 22.9 Å². The summed E-state index contributed by atoms with van der Waals surface area (Å²) in [6.45, 7) is 4.55. The highest BCUT2D eigenvalue weighted by Gasteiger charge is 2.16. The number of anilines is 2. The maximum Gasteiger partial charge on any atom is 0.204 e. The zero-order valence-electron chi connectivity index (χ0n) is 12.4. The smallest absolute Gasteiger partial charge is 0.204 e. The van der Waals surface area contributed by atoms with Gasteiger partial charge in [0.2, 0.25) is 5.75 Å². The number of benzene rings is 1. The van der Waals surface area contributed by atoms with Crippen molar-refractivity contribution in [3.63, 3.8) is 0 Å². The molecule has 0 amide bonds. The van der Waals surface area contributed by atoms with Crippen LogP contribution in [0.5, 0.6) is 5.75 Å². The van der Waals surface area contributed by atoms with Crippen molar-refractivity contribution in [3.05, 3.63) is 42.0 Å². The quantitative estimate of drug-likeness (QED) is 0.855. The number of nitrogens with zero attached hydrogens (tertiary/aromatic N) is 2. The van der Waals surface area contributed by atoms with E-state index < -0.39 is 0 Å². The highest BCUT2D eigenvalue weighted by molar-refractivity contribution is 5.64. The van der Waals surface area contributed by atoms with Crippen LogP contribution in [0.15, 0.2) is 30.6 Å². The van der Waals surface area contributed by atoms with Crippen LogP contribution in [-0.2, 0) is 0 Å². The molecule has 0 aliphatic rings. The average molecular weight is 290 g/mol. The molecule has 0 spiro atoms. The molecular formula is C15H19FN4O. The van der Waals surface area contributed by atoms with Crippen molar-refractivity contribution in [2.24, 2.45) is 0 Å². The van der Waals surface area contributed by atoms with Gasteiger partial charge in [-0.05, 0) is 19.9 Å². The lowest BCUT2D eigenvalue weighted by molar-refractivity contribution is 0.414. The molecule has 1 atom stereocenters. The molecule has 1 aromatic heterocycles. The first-order valence-electron chi connectivity index (χ1n) is 6.81. The molecule has 112 valence electrons. The van der Waals surface area contributed by atoms with E-state index in [1.54, 1.807) is 25.3 Å². The Balaban J connectivity index is 2.27. The predicted molar refractivity (Wildman–Crippen MR) is 81.2 cm³/mol. The maximum absolute atomic E-state index is 13.8. The number of hydrogen-bond acceptors (Lipinski definition) is 5. The Morgan fingerprint density at radius 1 is 1.24 bits per heavy atom. The third kappa shape index (κ3) is 3.39. The van der Waals surface area contributed by atoms with Crippen LogP contribution in [0.2, 0.25) is 0 Å². The van der Waals surface area contributed by atoms with Crippen molar-refractivity contribution in [3.8, 4) is 5.75 Å². The Kier molecular flexibility index (Phi) is 4.92. The Morgan fingerprint density at radius 3 is 2.62 bits per heavy atom. The first kappa shape index (κ1) is 15.0. The minimum absolute atomic E-state index is 0.246.